The molecule has 2 amide bonds. The highest BCUT2D eigenvalue weighted by Gasteiger charge is 2.27. The van der Waals surface area contributed by atoms with E-state index in [1.165, 1.54) is 0 Å². The summed E-state index contributed by atoms with van der Waals surface area (Å²) in [5.74, 6) is 0.0680. The van der Waals surface area contributed by atoms with E-state index in [4.69, 9.17) is 4.74 Å². The zero-order chi connectivity index (χ0) is 13.1. The van der Waals surface area contributed by atoms with Crippen LogP contribution in [0.15, 0.2) is 0 Å². The fourth-order valence-corrected chi connectivity index (χ4v) is 1.98. The summed E-state index contributed by atoms with van der Waals surface area (Å²) in [6, 6.07) is 0.111. The van der Waals surface area contributed by atoms with Crippen molar-refractivity contribution in [3.63, 3.8) is 0 Å². The SMILES string of the molecule is CC(=O)N1CCCC1CNC(=O)OC(C)(C)C. The highest BCUT2D eigenvalue weighted by Crippen LogP contribution is 2.16. The number of carbonyl (C=O) groups excluding carboxylic acids is 2. The van der Waals surface area contributed by atoms with Crippen LogP contribution in [0, 0.1) is 0 Å². The molecular weight excluding hydrogens is 220 g/mol. The van der Waals surface area contributed by atoms with Crippen LogP contribution < -0.4 is 5.32 Å². The van der Waals surface area contributed by atoms with E-state index in [9.17, 15) is 9.59 Å². The smallest absolute Gasteiger partial charge is 0.407 e. The lowest BCUT2D eigenvalue weighted by molar-refractivity contribution is -0.129. The number of amides is 2. The van der Waals surface area contributed by atoms with Gasteiger partial charge in [-0.15, -0.1) is 0 Å². The topological polar surface area (TPSA) is 58.6 Å². The van der Waals surface area contributed by atoms with Gasteiger partial charge in [-0.1, -0.05) is 0 Å². The molecule has 1 aliphatic heterocycles. The average molecular weight is 242 g/mol. The standard InChI is InChI=1S/C12H22N2O3/c1-9(15)14-7-5-6-10(14)8-13-11(16)17-12(2,3)4/h10H,5-8H2,1-4H3,(H,13,16). The Morgan fingerprint density at radius 2 is 2.06 bits per heavy atom. The zero-order valence-corrected chi connectivity index (χ0v) is 11.1. The summed E-state index contributed by atoms with van der Waals surface area (Å²) in [5, 5.41) is 2.71. The maximum absolute atomic E-state index is 11.5. The second kappa shape index (κ2) is 5.38. The van der Waals surface area contributed by atoms with E-state index in [1.54, 1.807) is 11.8 Å². The van der Waals surface area contributed by atoms with Crippen LogP contribution in [0.3, 0.4) is 0 Å². The monoisotopic (exact) mass is 242 g/mol. The molecular formula is C12H22N2O3. The average Bonchev–Trinajstić information content (AvgIpc) is 2.59. The molecule has 0 aliphatic carbocycles. The van der Waals surface area contributed by atoms with Gasteiger partial charge in [0.05, 0.1) is 0 Å². The predicted octanol–water partition coefficient (Wildman–Crippen LogP) is 1.52. The Labute approximate surface area is 102 Å². The molecule has 0 aromatic carbocycles. The minimum atomic E-state index is -0.486. The summed E-state index contributed by atoms with van der Waals surface area (Å²) in [6.07, 6.45) is 1.52. The van der Waals surface area contributed by atoms with E-state index in [0.29, 0.717) is 6.54 Å². The van der Waals surface area contributed by atoms with E-state index in [0.717, 1.165) is 19.4 Å². The van der Waals surface area contributed by atoms with Crippen LogP contribution in [0.5, 0.6) is 0 Å². The van der Waals surface area contributed by atoms with Gasteiger partial charge in [-0.25, -0.2) is 4.79 Å². The Bertz CT molecular complexity index is 297. The second-order valence-electron chi connectivity index (χ2n) is 5.39. The van der Waals surface area contributed by atoms with Crippen molar-refractivity contribution in [3.05, 3.63) is 0 Å². The van der Waals surface area contributed by atoms with Crippen LogP contribution in [0.2, 0.25) is 0 Å². The summed E-state index contributed by atoms with van der Waals surface area (Å²) in [7, 11) is 0. The summed E-state index contributed by atoms with van der Waals surface area (Å²) in [6.45, 7) is 8.29. The molecule has 1 N–H and O–H groups in total. The molecule has 0 aromatic heterocycles. The first-order valence-corrected chi connectivity index (χ1v) is 6.03. The van der Waals surface area contributed by atoms with E-state index in [2.05, 4.69) is 5.32 Å². The molecule has 1 aliphatic rings. The van der Waals surface area contributed by atoms with Crippen LogP contribution in [0.4, 0.5) is 4.79 Å². The van der Waals surface area contributed by atoms with Crippen LogP contribution in [-0.4, -0.2) is 41.6 Å². The molecule has 0 saturated carbocycles. The normalized spacial score (nSPS) is 20.2. The number of nitrogens with one attached hydrogen (secondary N) is 1. The number of alkyl carbamates (subject to hydrolysis) is 1. The van der Waals surface area contributed by atoms with Crippen molar-refractivity contribution in [2.45, 2.75) is 52.2 Å². The van der Waals surface area contributed by atoms with Gasteiger partial charge < -0.3 is 15.0 Å². The van der Waals surface area contributed by atoms with Crippen molar-refractivity contribution in [1.29, 1.82) is 0 Å². The minimum absolute atomic E-state index is 0.0680. The largest absolute Gasteiger partial charge is 0.444 e. The first-order valence-electron chi connectivity index (χ1n) is 6.03. The van der Waals surface area contributed by atoms with Crippen molar-refractivity contribution in [1.82, 2.24) is 10.2 Å². The first-order chi connectivity index (χ1) is 7.79. The number of carbonyl (C=O) groups is 2. The number of rotatable bonds is 2. The molecule has 0 radical (unpaired) electrons. The van der Waals surface area contributed by atoms with E-state index in [-0.39, 0.29) is 11.9 Å². The zero-order valence-electron chi connectivity index (χ0n) is 11.1. The van der Waals surface area contributed by atoms with Crippen molar-refractivity contribution < 1.29 is 14.3 Å². The summed E-state index contributed by atoms with van der Waals surface area (Å²) in [5.41, 5.74) is -0.486. The van der Waals surface area contributed by atoms with Gasteiger partial charge in [0.15, 0.2) is 0 Å². The van der Waals surface area contributed by atoms with Gasteiger partial charge in [0, 0.05) is 26.1 Å². The Morgan fingerprint density at radius 1 is 1.41 bits per heavy atom. The molecule has 1 atom stereocenters. The lowest BCUT2D eigenvalue weighted by Gasteiger charge is -2.25. The molecule has 0 spiro atoms. The minimum Gasteiger partial charge on any atom is -0.444 e. The highest BCUT2D eigenvalue weighted by atomic mass is 16.6. The molecule has 1 heterocycles. The van der Waals surface area contributed by atoms with E-state index in [1.807, 2.05) is 20.8 Å². The van der Waals surface area contributed by atoms with Crippen LogP contribution in [0.25, 0.3) is 0 Å². The molecule has 1 unspecified atom stereocenters. The number of likely N-dealkylation sites (tertiary alicyclic amines) is 1. The molecule has 1 rings (SSSR count). The van der Waals surface area contributed by atoms with Crippen molar-refractivity contribution in [3.8, 4) is 0 Å². The molecule has 0 bridgehead atoms. The molecule has 0 aromatic rings. The quantitative estimate of drug-likeness (QED) is 0.798. The maximum atomic E-state index is 11.5. The molecule has 5 heteroatoms. The number of hydrogen-bond donors (Lipinski definition) is 1. The van der Waals surface area contributed by atoms with Gasteiger partial charge >= 0.3 is 6.09 Å². The molecule has 17 heavy (non-hydrogen) atoms. The third-order valence-corrected chi connectivity index (χ3v) is 2.66. The summed E-state index contributed by atoms with van der Waals surface area (Å²) >= 11 is 0. The van der Waals surface area contributed by atoms with Gasteiger partial charge in [0.25, 0.3) is 0 Å². The Hall–Kier alpha value is -1.26. The highest BCUT2D eigenvalue weighted by molar-refractivity contribution is 5.74. The molecule has 1 fully saturated rings. The van der Waals surface area contributed by atoms with Crippen LogP contribution in [0.1, 0.15) is 40.5 Å². The van der Waals surface area contributed by atoms with Crippen LogP contribution >= 0.6 is 0 Å². The Balaban J connectivity index is 2.35. The Morgan fingerprint density at radius 3 is 2.59 bits per heavy atom. The van der Waals surface area contributed by atoms with Crippen molar-refractivity contribution in [2.24, 2.45) is 0 Å². The van der Waals surface area contributed by atoms with Gasteiger partial charge in [-0.2, -0.15) is 0 Å². The van der Waals surface area contributed by atoms with Crippen molar-refractivity contribution >= 4 is 12.0 Å². The first kappa shape index (κ1) is 13.8. The third-order valence-electron chi connectivity index (χ3n) is 2.66. The number of ether oxygens (including phenoxy) is 1. The maximum Gasteiger partial charge on any atom is 0.407 e. The third kappa shape index (κ3) is 4.63. The predicted molar refractivity (Wildman–Crippen MR) is 64.6 cm³/mol. The fraction of sp³-hybridized carbons (Fsp3) is 0.833. The summed E-state index contributed by atoms with van der Waals surface area (Å²) in [4.78, 5) is 24.6. The van der Waals surface area contributed by atoms with Crippen LogP contribution in [-0.2, 0) is 9.53 Å². The van der Waals surface area contributed by atoms with Crippen molar-refractivity contribution in [2.75, 3.05) is 13.1 Å². The molecule has 1 saturated heterocycles. The lowest BCUT2D eigenvalue weighted by Crippen LogP contribution is -2.43. The van der Waals surface area contributed by atoms with E-state index >= 15 is 0 Å². The molecule has 98 valence electrons. The lowest BCUT2D eigenvalue weighted by atomic mass is 10.2. The number of hydrogen-bond acceptors (Lipinski definition) is 3. The Kier molecular flexibility index (Phi) is 4.37. The van der Waals surface area contributed by atoms with Gasteiger partial charge in [0.2, 0.25) is 5.91 Å². The summed E-state index contributed by atoms with van der Waals surface area (Å²) < 4.78 is 5.14. The number of nitrogens with zero attached hydrogens (tertiary/aromatic N) is 1. The van der Waals surface area contributed by atoms with E-state index < -0.39 is 11.7 Å². The molecule has 5 nitrogen and oxygen atoms in total. The van der Waals surface area contributed by atoms with Gasteiger partial charge in [0.1, 0.15) is 5.60 Å². The fourth-order valence-electron chi connectivity index (χ4n) is 1.98. The van der Waals surface area contributed by atoms with Gasteiger partial charge in [-0.3, -0.25) is 4.79 Å². The van der Waals surface area contributed by atoms with Gasteiger partial charge in [-0.05, 0) is 33.6 Å². The second-order valence-corrected chi connectivity index (χ2v) is 5.39.